The van der Waals surface area contributed by atoms with Gasteiger partial charge in [-0.3, -0.25) is 4.79 Å². The van der Waals surface area contributed by atoms with Crippen LogP contribution >= 0.6 is 27.5 Å². The van der Waals surface area contributed by atoms with Gasteiger partial charge in [-0.05, 0) is 65.3 Å². The number of carbonyl (C=O) groups is 1. The van der Waals surface area contributed by atoms with Crippen molar-refractivity contribution in [2.75, 3.05) is 6.61 Å². The van der Waals surface area contributed by atoms with Crippen LogP contribution in [0.3, 0.4) is 0 Å². The second-order valence-electron chi connectivity index (χ2n) is 3.91. The maximum atomic E-state index is 12.3. The van der Waals surface area contributed by atoms with E-state index in [2.05, 4.69) is 15.9 Å². The molecule has 0 aromatic heterocycles. The third-order valence-electron chi connectivity index (χ3n) is 2.60. The van der Waals surface area contributed by atoms with Gasteiger partial charge in [0.25, 0.3) is 0 Å². The summed E-state index contributed by atoms with van der Waals surface area (Å²) in [5.41, 5.74) is 1.21. The molecule has 2 rings (SSSR count). The molecule has 0 aliphatic rings. The highest BCUT2D eigenvalue weighted by molar-refractivity contribution is 9.10. The first kappa shape index (κ1) is 14.1. The van der Waals surface area contributed by atoms with Crippen LogP contribution in [0.1, 0.15) is 22.8 Å². The summed E-state index contributed by atoms with van der Waals surface area (Å²) in [5.74, 6) is 0.689. The molecule has 0 N–H and O–H groups in total. The van der Waals surface area contributed by atoms with E-state index >= 15 is 0 Å². The predicted octanol–water partition coefficient (Wildman–Crippen LogP) is 4.73. The zero-order valence-electron chi connectivity index (χ0n) is 10.3. The molecule has 0 saturated carbocycles. The minimum Gasteiger partial charge on any atom is -0.494 e. The second-order valence-corrected chi connectivity index (χ2v) is 5.20. The van der Waals surface area contributed by atoms with Crippen molar-refractivity contribution in [3.63, 3.8) is 0 Å². The van der Waals surface area contributed by atoms with Crippen LogP contribution in [-0.2, 0) is 0 Å². The average molecular weight is 340 g/mol. The van der Waals surface area contributed by atoms with Crippen molar-refractivity contribution in [2.24, 2.45) is 0 Å². The van der Waals surface area contributed by atoms with Gasteiger partial charge in [0, 0.05) is 20.6 Å². The fourth-order valence-corrected chi connectivity index (χ4v) is 2.36. The van der Waals surface area contributed by atoms with E-state index in [-0.39, 0.29) is 5.78 Å². The number of halogens is 2. The van der Waals surface area contributed by atoms with Gasteiger partial charge >= 0.3 is 0 Å². The van der Waals surface area contributed by atoms with Gasteiger partial charge in [-0.2, -0.15) is 0 Å². The average Bonchev–Trinajstić information content (AvgIpc) is 2.39. The molecule has 0 amide bonds. The molecule has 0 unspecified atom stereocenters. The van der Waals surface area contributed by atoms with E-state index in [4.69, 9.17) is 16.3 Å². The van der Waals surface area contributed by atoms with E-state index < -0.39 is 0 Å². The third kappa shape index (κ3) is 3.37. The molecule has 0 bridgehead atoms. The Labute approximate surface area is 125 Å². The van der Waals surface area contributed by atoms with E-state index in [1.807, 2.05) is 6.92 Å². The topological polar surface area (TPSA) is 26.3 Å². The molecule has 0 radical (unpaired) electrons. The summed E-state index contributed by atoms with van der Waals surface area (Å²) in [5, 5.41) is 0.613. The molecule has 0 saturated heterocycles. The Bertz CT molecular complexity index is 594. The van der Waals surface area contributed by atoms with Crippen LogP contribution in [0.2, 0.25) is 5.02 Å². The minimum atomic E-state index is -0.0495. The summed E-state index contributed by atoms with van der Waals surface area (Å²) in [6.07, 6.45) is 0. The first-order chi connectivity index (χ1) is 9.11. The monoisotopic (exact) mass is 338 g/mol. The molecule has 0 atom stereocenters. The Hall–Kier alpha value is -1.32. The molecule has 0 aliphatic carbocycles. The maximum absolute atomic E-state index is 12.3. The van der Waals surface area contributed by atoms with E-state index in [0.29, 0.717) is 22.8 Å². The SMILES string of the molecule is CCOc1ccc(C(=O)c2ccc(Cl)cc2)c(Br)c1. The molecule has 0 spiro atoms. The highest BCUT2D eigenvalue weighted by Gasteiger charge is 2.13. The molecule has 0 fully saturated rings. The first-order valence-electron chi connectivity index (χ1n) is 5.84. The molecule has 98 valence electrons. The van der Waals surface area contributed by atoms with Gasteiger partial charge in [0.1, 0.15) is 5.75 Å². The fourth-order valence-electron chi connectivity index (χ4n) is 1.69. The van der Waals surface area contributed by atoms with E-state index in [1.165, 1.54) is 0 Å². The number of rotatable bonds is 4. The fraction of sp³-hybridized carbons (Fsp3) is 0.133. The lowest BCUT2D eigenvalue weighted by molar-refractivity contribution is 0.103. The Balaban J connectivity index is 2.31. The zero-order chi connectivity index (χ0) is 13.8. The molecular formula is C15H12BrClO2. The Kier molecular flexibility index (Phi) is 4.61. The summed E-state index contributed by atoms with van der Waals surface area (Å²) in [6, 6.07) is 12.2. The second kappa shape index (κ2) is 6.22. The maximum Gasteiger partial charge on any atom is 0.194 e. The van der Waals surface area contributed by atoms with E-state index in [1.54, 1.807) is 42.5 Å². The lowest BCUT2D eigenvalue weighted by Crippen LogP contribution is -2.02. The number of ether oxygens (including phenoxy) is 1. The van der Waals surface area contributed by atoms with Gasteiger partial charge in [0.2, 0.25) is 0 Å². The number of carbonyl (C=O) groups excluding carboxylic acids is 1. The molecule has 0 heterocycles. The number of hydrogen-bond acceptors (Lipinski definition) is 2. The molecule has 2 aromatic carbocycles. The Morgan fingerprint density at radius 1 is 1.21 bits per heavy atom. The molecular weight excluding hydrogens is 328 g/mol. The van der Waals surface area contributed by atoms with Gasteiger partial charge in [-0.15, -0.1) is 0 Å². The van der Waals surface area contributed by atoms with E-state index in [0.717, 1.165) is 10.2 Å². The molecule has 19 heavy (non-hydrogen) atoms. The van der Waals surface area contributed by atoms with Gasteiger partial charge in [0.05, 0.1) is 6.61 Å². The molecule has 2 nitrogen and oxygen atoms in total. The molecule has 2 aromatic rings. The zero-order valence-corrected chi connectivity index (χ0v) is 12.7. The van der Waals surface area contributed by atoms with Crippen molar-refractivity contribution < 1.29 is 9.53 Å². The van der Waals surface area contributed by atoms with Crippen molar-refractivity contribution >= 4 is 33.3 Å². The summed E-state index contributed by atoms with van der Waals surface area (Å²) in [6.45, 7) is 2.51. The van der Waals surface area contributed by atoms with Crippen molar-refractivity contribution in [1.29, 1.82) is 0 Å². The van der Waals surface area contributed by atoms with E-state index in [9.17, 15) is 4.79 Å². The van der Waals surface area contributed by atoms with Crippen LogP contribution in [0.5, 0.6) is 5.75 Å². The smallest absolute Gasteiger partial charge is 0.194 e. The number of hydrogen-bond donors (Lipinski definition) is 0. The van der Waals surface area contributed by atoms with Crippen molar-refractivity contribution in [3.8, 4) is 5.75 Å². The standard InChI is InChI=1S/C15H12BrClO2/c1-2-19-12-7-8-13(14(16)9-12)15(18)10-3-5-11(17)6-4-10/h3-9H,2H2,1H3. The Morgan fingerprint density at radius 3 is 2.47 bits per heavy atom. The Morgan fingerprint density at radius 2 is 1.89 bits per heavy atom. The van der Waals surface area contributed by atoms with Gasteiger partial charge in [-0.25, -0.2) is 0 Å². The first-order valence-corrected chi connectivity index (χ1v) is 7.01. The van der Waals surface area contributed by atoms with Gasteiger partial charge in [0.15, 0.2) is 5.78 Å². The highest BCUT2D eigenvalue weighted by Crippen LogP contribution is 2.25. The predicted molar refractivity (Wildman–Crippen MR) is 80.2 cm³/mol. The number of ketones is 1. The largest absolute Gasteiger partial charge is 0.494 e. The summed E-state index contributed by atoms with van der Waals surface area (Å²) >= 11 is 9.21. The van der Waals surface area contributed by atoms with Gasteiger partial charge in [-0.1, -0.05) is 11.6 Å². The van der Waals surface area contributed by atoms with Gasteiger partial charge < -0.3 is 4.74 Å². The van der Waals surface area contributed by atoms with Crippen molar-refractivity contribution in [3.05, 3.63) is 63.1 Å². The molecule has 0 aliphatic heterocycles. The lowest BCUT2D eigenvalue weighted by atomic mass is 10.0. The summed E-state index contributed by atoms with van der Waals surface area (Å²) in [4.78, 5) is 12.3. The van der Waals surface area contributed by atoms with Crippen molar-refractivity contribution in [1.82, 2.24) is 0 Å². The van der Waals surface area contributed by atoms with Crippen LogP contribution in [-0.4, -0.2) is 12.4 Å². The molecule has 4 heteroatoms. The van der Waals surface area contributed by atoms with Crippen LogP contribution in [0.25, 0.3) is 0 Å². The summed E-state index contributed by atoms with van der Waals surface area (Å²) in [7, 11) is 0. The van der Waals surface area contributed by atoms with Crippen LogP contribution in [0.4, 0.5) is 0 Å². The highest BCUT2D eigenvalue weighted by atomic mass is 79.9. The quantitative estimate of drug-likeness (QED) is 0.753. The normalized spacial score (nSPS) is 10.3. The lowest BCUT2D eigenvalue weighted by Gasteiger charge is -2.07. The van der Waals surface area contributed by atoms with Crippen LogP contribution in [0, 0.1) is 0 Å². The minimum absolute atomic E-state index is 0.0495. The van der Waals surface area contributed by atoms with Crippen molar-refractivity contribution in [2.45, 2.75) is 6.92 Å². The summed E-state index contributed by atoms with van der Waals surface area (Å²) < 4.78 is 6.10. The van der Waals surface area contributed by atoms with Crippen LogP contribution < -0.4 is 4.74 Å². The van der Waals surface area contributed by atoms with Crippen LogP contribution in [0.15, 0.2) is 46.9 Å². The number of benzene rings is 2. The third-order valence-corrected chi connectivity index (χ3v) is 3.51.